The standard InChI is InChI=1S/C20H24F4N4O4S2/c1-34(30,31)28-9-16(29)17(10-28)32-26-8-18-12(5-20(22,23)24)11-3-2-4-14(19(11)33-18)27-15-7-25-6-13(15)21/h2-4,8,13,15-17,25,27,29H,5-7,9-10H2,1H3/b26-8+/t13-,15+,16?,17?/m0/s1. The van der Waals surface area contributed by atoms with Crippen LogP contribution >= 0.6 is 11.3 Å². The molecule has 2 fully saturated rings. The Balaban J connectivity index is 1.60. The van der Waals surface area contributed by atoms with Gasteiger partial charge in [0.15, 0.2) is 6.10 Å². The van der Waals surface area contributed by atoms with E-state index < -0.39 is 47.0 Å². The number of nitrogens with zero attached hydrogens (tertiary/aromatic N) is 2. The van der Waals surface area contributed by atoms with Gasteiger partial charge in [0.05, 0.1) is 46.7 Å². The lowest BCUT2D eigenvalue weighted by atomic mass is 10.1. The van der Waals surface area contributed by atoms with Crippen LogP contribution in [0.4, 0.5) is 23.2 Å². The number of hydrogen-bond donors (Lipinski definition) is 3. The van der Waals surface area contributed by atoms with Crippen LogP contribution in [0.2, 0.25) is 0 Å². The van der Waals surface area contributed by atoms with E-state index in [0.29, 0.717) is 22.3 Å². The van der Waals surface area contributed by atoms with Gasteiger partial charge in [-0.15, -0.1) is 11.3 Å². The Morgan fingerprint density at radius 1 is 1.35 bits per heavy atom. The molecule has 188 valence electrons. The summed E-state index contributed by atoms with van der Waals surface area (Å²) in [6.07, 6.45) is -6.71. The lowest BCUT2D eigenvalue weighted by molar-refractivity contribution is -0.126. The molecule has 0 spiro atoms. The third kappa shape index (κ3) is 5.62. The van der Waals surface area contributed by atoms with Gasteiger partial charge in [-0.3, -0.25) is 0 Å². The van der Waals surface area contributed by atoms with Crippen LogP contribution in [-0.2, 0) is 21.3 Å². The molecule has 8 nitrogen and oxygen atoms in total. The number of alkyl halides is 4. The van der Waals surface area contributed by atoms with Gasteiger partial charge in [0.2, 0.25) is 10.0 Å². The van der Waals surface area contributed by atoms with E-state index in [2.05, 4.69) is 15.8 Å². The molecule has 1 aromatic carbocycles. The Morgan fingerprint density at radius 3 is 2.74 bits per heavy atom. The number of aliphatic hydroxyl groups is 1. The number of halogens is 4. The van der Waals surface area contributed by atoms with Crippen molar-refractivity contribution in [2.45, 2.75) is 37.0 Å². The van der Waals surface area contributed by atoms with Gasteiger partial charge in [-0.05, 0) is 17.0 Å². The van der Waals surface area contributed by atoms with Crippen molar-refractivity contribution in [2.24, 2.45) is 5.16 Å². The van der Waals surface area contributed by atoms with E-state index >= 15 is 0 Å². The topological polar surface area (TPSA) is 103 Å². The number of thiophene rings is 1. The molecule has 2 saturated heterocycles. The third-order valence-electron chi connectivity index (χ3n) is 5.75. The molecular formula is C20H24F4N4O4S2. The minimum absolute atomic E-state index is 0.00887. The highest BCUT2D eigenvalue weighted by atomic mass is 32.2. The van der Waals surface area contributed by atoms with Crippen LogP contribution in [0.3, 0.4) is 0 Å². The maximum absolute atomic E-state index is 14.1. The normalized spacial score (nSPS) is 26.6. The number of hydrogen-bond acceptors (Lipinski definition) is 8. The molecule has 2 aromatic rings. The molecule has 3 N–H and O–H groups in total. The second kappa shape index (κ2) is 9.57. The summed E-state index contributed by atoms with van der Waals surface area (Å²) in [5, 5.41) is 20.2. The number of oxime groups is 1. The molecule has 2 unspecified atom stereocenters. The summed E-state index contributed by atoms with van der Waals surface area (Å²) in [6.45, 7) is 0.333. The summed E-state index contributed by atoms with van der Waals surface area (Å²) >= 11 is 1.06. The zero-order valence-corrected chi connectivity index (χ0v) is 19.7. The minimum atomic E-state index is -4.47. The fraction of sp³-hybridized carbons (Fsp3) is 0.550. The lowest BCUT2D eigenvalue weighted by Gasteiger charge is -2.16. The van der Waals surface area contributed by atoms with Crippen molar-refractivity contribution < 1.29 is 35.9 Å². The van der Waals surface area contributed by atoms with Crippen LogP contribution in [0.25, 0.3) is 10.1 Å². The van der Waals surface area contributed by atoms with Crippen LogP contribution in [0.15, 0.2) is 23.4 Å². The molecule has 0 bridgehead atoms. The van der Waals surface area contributed by atoms with Crippen molar-refractivity contribution in [1.29, 1.82) is 0 Å². The van der Waals surface area contributed by atoms with Crippen LogP contribution in [0.1, 0.15) is 10.4 Å². The first-order valence-electron chi connectivity index (χ1n) is 10.5. The summed E-state index contributed by atoms with van der Waals surface area (Å²) < 4.78 is 79.0. The predicted molar refractivity (Wildman–Crippen MR) is 122 cm³/mol. The number of fused-ring (bicyclic) bond motifs is 1. The van der Waals surface area contributed by atoms with E-state index in [0.717, 1.165) is 28.1 Å². The second-order valence-electron chi connectivity index (χ2n) is 8.37. The molecule has 0 saturated carbocycles. The highest BCUT2D eigenvalue weighted by molar-refractivity contribution is 7.88. The molecule has 3 heterocycles. The van der Waals surface area contributed by atoms with Gasteiger partial charge in [0, 0.05) is 19.6 Å². The fourth-order valence-corrected chi connectivity index (χ4v) is 6.03. The fourth-order valence-electron chi connectivity index (χ4n) is 4.03. The Bertz CT molecular complexity index is 1170. The first-order chi connectivity index (χ1) is 15.9. The molecular weight excluding hydrogens is 500 g/mol. The number of benzene rings is 1. The van der Waals surface area contributed by atoms with Gasteiger partial charge in [-0.1, -0.05) is 17.3 Å². The zero-order valence-electron chi connectivity index (χ0n) is 18.0. The molecule has 1 aromatic heterocycles. The van der Waals surface area contributed by atoms with Gasteiger partial charge in [0.1, 0.15) is 12.3 Å². The van der Waals surface area contributed by atoms with Gasteiger partial charge in [0.25, 0.3) is 0 Å². The highest BCUT2D eigenvalue weighted by Crippen LogP contribution is 2.39. The van der Waals surface area contributed by atoms with Crippen LogP contribution in [0.5, 0.6) is 0 Å². The molecule has 0 radical (unpaired) electrons. The van der Waals surface area contributed by atoms with Crippen LogP contribution < -0.4 is 10.6 Å². The largest absolute Gasteiger partial charge is 0.393 e. The van der Waals surface area contributed by atoms with E-state index in [1.165, 1.54) is 0 Å². The lowest BCUT2D eigenvalue weighted by Crippen LogP contribution is -2.29. The Morgan fingerprint density at radius 2 is 2.12 bits per heavy atom. The van der Waals surface area contributed by atoms with E-state index in [4.69, 9.17) is 4.84 Å². The quantitative estimate of drug-likeness (QED) is 0.291. The summed E-state index contributed by atoms with van der Waals surface area (Å²) in [6, 6.07) is 4.37. The van der Waals surface area contributed by atoms with Crippen molar-refractivity contribution in [3.63, 3.8) is 0 Å². The predicted octanol–water partition coefficient (Wildman–Crippen LogP) is 2.08. The average Bonchev–Trinajstić information content (AvgIpc) is 3.40. The highest BCUT2D eigenvalue weighted by Gasteiger charge is 2.38. The number of anilines is 1. The molecule has 2 aliphatic rings. The Hall–Kier alpha value is -2.00. The van der Waals surface area contributed by atoms with E-state index in [9.17, 15) is 31.1 Å². The van der Waals surface area contributed by atoms with Gasteiger partial charge >= 0.3 is 6.18 Å². The van der Waals surface area contributed by atoms with Gasteiger partial charge < -0.3 is 20.6 Å². The van der Waals surface area contributed by atoms with Gasteiger partial charge in [-0.2, -0.15) is 17.5 Å². The monoisotopic (exact) mass is 524 g/mol. The number of rotatable bonds is 7. The van der Waals surface area contributed by atoms with Crippen LogP contribution in [-0.4, -0.2) is 87.1 Å². The summed E-state index contributed by atoms with van der Waals surface area (Å²) in [4.78, 5) is 5.45. The Kier molecular flexibility index (Phi) is 7.06. The summed E-state index contributed by atoms with van der Waals surface area (Å²) in [7, 11) is -3.53. The van der Waals surface area contributed by atoms with E-state index in [-0.39, 0.29) is 30.1 Å². The second-order valence-corrected chi connectivity index (χ2v) is 11.4. The first-order valence-corrected chi connectivity index (χ1v) is 13.1. The smallest absolute Gasteiger partial charge is 0.388 e. The van der Waals surface area contributed by atoms with Crippen LogP contribution in [0, 0.1) is 0 Å². The van der Waals surface area contributed by atoms with E-state index in [1.807, 2.05) is 0 Å². The maximum Gasteiger partial charge on any atom is 0.393 e. The number of sulfonamides is 1. The SMILES string of the molecule is CS(=O)(=O)N1CC(O)C(O/N=C/c2sc3c(N[C@@H]4CNC[C@@H]4F)cccc3c2CC(F)(F)F)C1. The molecule has 0 aliphatic carbocycles. The van der Waals surface area contributed by atoms with Crippen molar-refractivity contribution in [1.82, 2.24) is 9.62 Å². The van der Waals surface area contributed by atoms with Gasteiger partial charge in [-0.25, -0.2) is 12.8 Å². The molecule has 34 heavy (non-hydrogen) atoms. The minimum Gasteiger partial charge on any atom is -0.388 e. The first kappa shape index (κ1) is 25.1. The molecule has 2 aliphatic heterocycles. The zero-order chi connectivity index (χ0) is 24.7. The number of β-amino-alcohol motifs (C(OH)–C–C–N with tert-alkyl or cyclic N) is 1. The average molecular weight is 525 g/mol. The van der Waals surface area contributed by atoms with Crippen molar-refractivity contribution >= 4 is 43.3 Å². The third-order valence-corrected chi connectivity index (χ3v) is 8.20. The van der Waals surface area contributed by atoms with E-state index in [1.54, 1.807) is 18.2 Å². The summed E-state index contributed by atoms with van der Waals surface area (Å²) in [5.41, 5.74) is 0.535. The van der Waals surface area contributed by atoms with Crippen molar-refractivity contribution in [3.8, 4) is 0 Å². The molecule has 0 amide bonds. The number of nitrogens with one attached hydrogen (secondary N) is 2. The molecule has 4 rings (SSSR count). The maximum atomic E-state index is 14.1. The van der Waals surface area contributed by atoms with Crippen molar-refractivity contribution in [2.75, 3.05) is 37.8 Å². The van der Waals surface area contributed by atoms with Crippen molar-refractivity contribution in [3.05, 3.63) is 28.6 Å². The molecule has 14 heteroatoms. The number of aliphatic hydroxyl groups excluding tert-OH is 1. The molecule has 4 atom stereocenters. The Labute approximate surface area is 197 Å². The summed E-state index contributed by atoms with van der Waals surface area (Å²) in [5.74, 6) is 0.